The van der Waals surface area contributed by atoms with Gasteiger partial charge < -0.3 is 20.5 Å². The van der Waals surface area contributed by atoms with E-state index in [1.165, 1.54) is 0 Å². The molecule has 122 valence electrons. The van der Waals surface area contributed by atoms with Crippen molar-refractivity contribution in [2.45, 2.75) is 19.1 Å². The zero-order valence-electron chi connectivity index (χ0n) is 12.9. The third-order valence-corrected chi connectivity index (χ3v) is 3.81. The van der Waals surface area contributed by atoms with E-state index in [9.17, 15) is 4.79 Å². The second-order valence-electron chi connectivity index (χ2n) is 5.34. The van der Waals surface area contributed by atoms with Crippen molar-refractivity contribution in [2.24, 2.45) is 0 Å². The van der Waals surface area contributed by atoms with Crippen LogP contribution in [-0.4, -0.2) is 48.1 Å². The first-order chi connectivity index (χ1) is 11.2. The highest BCUT2D eigenvalue weighted by Crippen LogP contribution is 2.27. The van der Waals surface area contributed by atoms with E-state index in [2.05, 4.69) is 15.5 Å². The Morgan fingerprint density at radius 1 is 1.43 bits per heavy atom. The van der Waals surface area contributed by atoms with Gasteiger partial charge in [0.15, 0.2) is 5.82 Å². The minimum absolute atomic E-state index is 0.135. The lowest BCUT2D eigenvalue weighted by Gasteiger charge is -2.18. The molecule has 1 fully saturated rings. The summed E-state index contributed by atoms with van der Waals surface area (Å²) < 4.78 is 11.0. The lowest BCUT2D eigenvalue weighted by Crippen LogP contribution is -2.44. The largest absolute Gasteiger partial charge is 0.382 e. The molecule has 0 saturated carbocycles. The number of hydrogen-bond donors (Lipinski definition) is 3. The number of aromatic amines is 1. The van der Waals surface area contributed by atoms with Crippen LogP contribution in [0, 0.1) is 0 Å². The summed E-state index contributed by atoms with van der Waals surface area (Å²) >= 11 is 0. The van der Waals surface area contributed by atoms with Crippen molar-refractivity contribution in [3.05, 3.63) is 36.0 Å². The molecule has 0 spiro atoms. The predicted molar refractivity (Wildman–Crippen MR) is 85.9 cm³/mol. The number of nitrogens with two attached hydrogens (primary N) is 1. The first kappa shape index (κ1) is 15.5. The summed E-state index contributed by atoms with van der Waals surface area (Å²) in [5.41, 5.74) is 7.71. The molecule has 1 amide bonds. The van der Waals surface area contributed by atoms with Crippen LogP contribution in [0.5, 0.6) is 0 Å². The Labute approximate surface area is 134 Å². The minimum atomic E-state index is -0.270. The molecule has 0 aliphatic carbocycles. The number of ether oxygens (including phenoxy) is 2. The van der Waals surface area contributed by atoms with Gasteiger partial charge in [0.1, 0.15) is 11.8 Å². The Kier molecular flexibility index (Phi) is 4.59. The molecule has 23 heavy (non-hydrogen) atoms. The van der Waals surface area contributed by atoms with Crippen molar-refractivity contribution in [1.29, 1.82) is 0 Å². The van der Waals surface area contributed by atoms with Gasteiger partial charge in [0.25, 0.3) is 5.91 Å². The van der Waals surface area contributed by atoms with Gasteiger partial charge in [-0.05, 0) is 12.5 Å². The van der Waals surface area contributed by atoms with Gasteiger partial charge in [0.2, 0.25) is 0 Å². The van der Waals surface area contributed by atoms with E-state index in [4.69, 9.17) is 15.2 Å². The van der Waals surface area contributed by atoms with E-state index in [-0.39, 0.29) is 18.1 Å². The van der Waals surface area contributed by atoms with Crippen LogP contribution in [-0.2, 0) is 9.47 Å². The third-order valence-electron chi connectivity index (χ3n) is 3.81. The maximum absolute atomic E-state index is 12.6. The van der Waals surface area contributed by atoms with Crippen LogP contribution in [0.25, 0.3) is 11.1 Å². The van der Waals surface area contributed by atoms with Gasteiger partial charge in [0.05, 0.1) is 24.8 Å². The van der Waals surface area contributed by atoms with Gasteiger partial charge in [-0.2, -0.15) is 5.10 Å². The van der Waals surface area contributed by atoms with Gasteiger partial charge in [-0.1, -0.05) is 30.3 Å². The number of nitrogens with zero attached hydrogens (tertiary/aromatic N) is 1. The summed E-state index contributed by atoms with van der Waals surface area (Å²) in [6, 6.07) is 9.27. The number of rotatable bonds is 5. The van der Waals surface area contributed by atoms with E-state index in [1.807, 2.05) is 37.3 Å². The van der Waals surface area contributed by atoms with Crippen LogP contribution in [0.1, 0.15) is 17.4 Å². The normalized spacial score (nSPS) is 20.6. The van der Waals surface area contributed by atoms with Gasteiger partial charge in [-0.25, -0.2) is 0 Å². The molecule has 1 aliphatic rings. The second kappa shape index (κ2) is 6.80. The number of hydrogen-bond acceptors (Lipinski definition) is 5. The van der Waals surface area contributed by atoms with E-state index >= 15 is 0 Å². The Morgan fingerprint density at radius 3 is 2.96 bits per heavy atom. The maximum atomic E-state index is 12.6. The zero-order valence-corrected chi connectivity index (χ0v) is 12.9. The van der Waals surface area contributed by atoms with Crippen LogP contribution >= 0.6 is 0 Å². The third kappa shape index (κ3) is 3.20. The van der Waals surface area contributed by atoms with Crippen LogP contribution in [0.3, 0.4) is 0 Å². The fourth-order valence-electron chi connectivity index (χ4n) is 2.71. The Hall–Kier alpha value is -2.38. The molecule has 7 heteroatoms. The summed E-state index contributed by atoms with van der Waals surface area (Å²) in [7, 11) is 0. The molecule has 2 atom stereocenters. The van der Waals surface area contributed by atoms with E-state index < -0.39 is 0 Å². The summed E-state index contributed by atoms with van der Waals surface area (Å²) in [4.78, 5) is 12.6. The number of carbonyl (C=O) groups excluding carboxylic acids is 1. The molecule has 0 unspecified atom stereocenters. The molecule has 7 nitrogen and oxygen atoms in total. The summed E-state index contributed by atoms with van der Waals surface area (Å²) in [6.45, 7) is 3.41. The summed E-state index contributed by atoms with van der Waals surface area (Å²) in [5, 5.41) is 9.64. The van der Waals surface area contributed by atoms with Crippen molar-refractivity contribution >= 4 is 11.7 Å². The van der Waals surface area contributed by atoms with Gasteiger partial charge in [-0.3, -0.25) is 9.89 Å². The average molecular weight is 316 g/mol. The van der Waals surface area contributed by atoms with Crippen LogP contribution < -0.4 is 11.1 Å². The molecule has 4 N–H and O–H groups in total. The SMILES string of the molecule is CCO[C@H]1COC[C@@H]1NC(=O)c1[nH]nc(N)c1-c1ccccc1. The smallest absolute Gasteiger partial charge is 0.270 e. The van der Waals surface area contributed by atoms with Crippen LogP contribution in [0.15, 0.2) is 30.3 Å². The minimum Gasteiger partial charge on any atom is -0.382 e. The standard InChI is InChI=1S/C16H20N4O3/c1-2-23-12-9-22-8-11(12)18-16(21)14-13(15(17)20-19-14)10-6-4-3-5-7-10/h3-7,11-12H,2,8-9H2,1H3,(H,18,21)(H3,17,19,20)/t11-,12-/m0/s1. The van der Waals surface area contributed by atoms with Crippen molar-refractivity contribution in [3.8, 4) is 11.1 Å². The fourth-order valence-corrected chi connectivity index (χ4v) is 2.71. The van der Waals surface area contributed by atoms with E-state index in [1.54, 1.807) is 0 Å². The molecule has 1 saturated heterocycles. The van der Waals surface area contributed by atoms with Gasteiger partial charge >= 0.3 is 0 Å². The number of aromatic nitrogens is 2. The number of nitrogen functional groups attached to an aromatic ring is 1. The molecule has 2 aromatic rings. The zero-order chi connectivity index (χ0) is 16.2. The van der Waals surface area contributed by atoms with Crippen molar-refractivity contribution in [3.63, 3.8) is 0 Å². The Bertz CT molecular complexity index is 671. The number of carbonyl (C=O) groups is 1. The molecule has 0 radical (unpaired) electrons. The predicted octanol–water partition coefficient (Wildman–Crippen LogP) is 1.19. The fraction of sp³-hybridized carbons (Fsp3) is 0.375. The molecule has 1 aromatic carbocycles. The van der Waals surface area contributed by atoms with Crippen molar-refractivity contribution in [2.75, 3.05) is 25.6 Å². The topological polar surface area (TPSA) is 102 Å². The number of H-pyrrole nitrogens is 1. The highest BCUT2D eigenvalue weighted by atomic mass is 16.5. The molecule has 2 heterocycles. The molecular weight excluding hydrogens is 296 g/mol. The summed E-state index contributed by atoms with van der Waals surface area (Å²) in [6.07, 6.45) is -0.135. The maximum Gasteiger partial charge on any atom is 0.270 e. The first-order valence-corrected chi connectivity index (χ1v) is 7.60. The molecule has 3 rings (SSSR count). The second-order valence-corrected chi connectivity index (χ2v) is 5.34. The number of amides is 1. The lowest BCUT2D eigenvalue weighted by atomic mass is 10.0. The average Bonchev–Trinajstić information content (AvgIpc) is 3.15. The number of benzene rings is 1. The molecule has 0 bridgehead atoms. The van der Waals surface area contributed by atoms with E-state index in [0.29, 0.717) is 36.9 Å². The van der Waals surface area contributed by atoms with Gasteiger partial charge in [0, 0.05) is 6.61 Å². The highest BCUT2D eigenvalue weighted by molar-refractivity contribution is 6.01. The van der Waals surface area contributed by atoms with Gasteiger partial charge in [-0.15, -0.1) is 0 Å². The lowest BCUT2D eigenvalue weighted by molar-refractivity contribution is 0.0402. The van der Waals surface area contributed by atoms with Crippen LogP contribution in [0.2, 0.25) is 0 Å². The Morgan fingerprint density at radius 2 is 2.22 bits per heavy atom. The molecular formula is C16H20N4O3. The van der Waals surface area contributed by atoms with Crippen molar-refractivity contribution in [1.82, 2.24) is 15.5 Å². The Balaban J connectivity index is 1.81. The highest BCUT2D eigenvalue weighted by Gasteiger charge is 2.31. The number of nitrogens with one attached hydrogen (secondary N) is 2. The molecule has 1 aromatic heterocycles. The summed E-state index contributed by atoms with van der Waals surface area (Å²) in [5.74, 6) is 0.0265. The van der Waals surface area contributed by atoms with Crippen LogP contribution in [0.4, 0.5) is 5.82 Å². The van der Waals surface area contributed by atoms with E-state index in [0.717, 1.165) is 5.56 Å². The number of anilines is 1. The first-order valence-electron chi connectivity index (χ1n) is 7.60. The van der Waals surface area contributed by atoms with Crippen molar-refractivity contribution < 1.29 is 14.3 Å². The quantitative estimate of drug-likeness (QED) is 0.769. The molecule has 1 aliphatic heterocycles. The monoisotopic (exact) mass is 316 g/mol.